The number of benzene rings is 2. The summed E-state index contributed by atoms with van der Waals surface area (Å²) in [6.07, 6.45) is 0. The van der Waals surface area contributed by atoms with Gasteiger partial charge in [0.25, 0.3) is 0 Å². The molecule has 0 aliphatic rings. The fourth-order valence-electron chi connectivity index (χ4n) is 2.07. The summed E-state index contributed by atoms with van der Waals surface area (Å²) in [4.78, 5) is 5.78. The summed E-state index contributed by atoms with van der Waals surface area (Å²) in [5, 5.41) is 2.16. The molecule has 0 saturated carbocycles. The highest BCUT2D eigenvalue weighted by Crippen LogP contribution is 2.11. The van der Waals surface area contributed by atoms with E-state index in [-0.39, 0.29) is 0 Å². The molecule has 0 unspecified atom stereocenters. The summed E-state index contributed by atoms with van der Waals surface area (Å²) in [6, 6.07) is 20.6. The highest BCUT2D eigenvalue weighted by molar-refractivity contribution is 7.07. The van der Waals surface area contributed by atoms with Gasteiger partial charge < -0.3 is 4.57 Å². The van der Waals surface area contributed by atoms with Crippen LogP contribution in [0.4, 0.5) is 5.69 Å². The van der Waals surface area contributed by atoms with Crippen LogP contribution in [0.1, 0.15) is 11.3 Å². The van der Waals surface area contributed by atoms with Crippen molar-refractivity contribution < 1.29 is 0 Å². The van der Waals surface area contributed by atoms with E-state index in [1.165, 1.54) is 11.3 Å². The molecule has 0 aliphatic carbocycles. The van der Waals surface area contributed by atoms with Gasteiger partial charge in [-0.2, -0.15) is 0 Å². The van der Waals surface area contributed by atoms with Crippen LogP contribution in [0, 0.1) is 6.92 Å². The Morgan fingerprint density at radius 3 is 2.30 bits per heavy atom. The normalized spacial score (nSPS) is 11.8. The van der Waals surface area contributed by atoms with Crippen molar-refractivity contribution in [3.05, 3.63) is 82.1 Å². The summed E-state index contributed by atoms with van der Waals surface area (Å²) in [7, 11) is 0. The van der Waals surface area contributed by atoms with Crippen LogP contribution in [0.2, 0.25) is 0 Å². The third-order valence-electron chi connectivity index (χ3n) is 3.16. The lowest BCUT2D eigenvalue weighted by Crippen LogP contribution is -2.16. The largest absolute Gasteiger partial charge is 0.317 e. The molecule has 0 spiro atoms. The quantitative estimate of drug-likeness (QED) is 0.686. The van der Waals surface area contributed by atoms with Crippen LogP contribution in [-0.2, 0) is 6.54 Å². The topological polar surface area (TPSA) is 17.3 Å². The lowest BCUT2D eigenvalue weighted by atomic mass is 10.2. The standard InChI is InChI=1S/C17H16N2S/c1-14-13-20-17(18-16-10-6-3-7-11-16)19(14)12-15-8-4-2-5-9-15/h2-11,13H,12H2,1H3. The number of rotatable bonds is 3. The van der Waals surface area contributed by atoms with E-state index in [0.717, 1.165) is 17.0 Å². The Balaban J connectivity index is 2.00. The molecule has 0 amide bonds. The average molecular weight is 280 g/mol. The molecule has 1 heterocycles. The maximum absolute atomic E-state index is 4.74. The average Bonchev–Trinajstić information content (AvgIpc) is 2.83. The van der Waals surface area contributed by atoms with Gasteiger partial charge in [0, 0.05) is 11.1 Å². The number of thiazole rings is 1. The van der Waals surface area contributed by atoms with E-state index in [9.17, 15) is 0 Å². The van der Waals surface area contributed by atoms with E-state index in [1.807, 2.05) is 36.4 Å². The predicted octanol–water partition coefficient (Wildman–Crippen LogP) is 4.14. The number of para-hydroxylation sites is 1. The highest BCUT2D eigenvalue weighted by atomic mass is 32.1. The van der Waals surface area contributed by atoms with E-state index in [2.05, 4.69) is 41.1 Å². The molecule has 100 valence electrons. The molecular formula is C17H16N2S. The van der Waals surface area contributed by atoms with Crippen LogP contribution < -0.4 is 4.80 Å². The van der Waals surface area contributed by atoms with Gasteiger partial charge in [0.2, 0.25) is 0 Å². The van der Waals surface area contributed by atoms with Crippen molar-refractivity contribution in [2.45, 2.75) is 13.5 Å². The molecule has 2 nitrogen and oxygen atoms in total. The fourth-order valence-corrected chi connectivity index (χ4v) is 2.97. The van der Waals surface area contributed by atoms with Crippen molar-refractivity contribution in [3.63, 3.8) is 0 Å². The van der Waals surface area contributed by atoms with Gasteiger partial charge in [-0.15, -0.1) is 11.3 Å². The third-order valence-corrected chi connectivity index (χ3v) is 4.14. The van der Waals surface area contributed by atoms with Gasteiger partial charge in [-0.25, -0.2) is 4.99 Å². The van der Waals surface area contributed by atoms with E-state index in [4.69, 9.17) is 4.99 Å². The van der Waals surface area contributed by atoms with E-state index >= 15 is 0 Å². The van der Waals surface area contributed by atoms with Gasteiger partial charge in [-0.3, -0.25) is 0 Å². The molecule has 3 rings (SSSR count). The fraction of sp³-hybridized carbons (Fsp3) is 0.118. The first-order valence-electron chi connectivity index (χ1n) is 6.61. The monoisotopic (exact) mass is 280 g/mol. The van der Waals surface area contributed by atoms with Gasteiger partial charge in [0.1, 0.15) is 0 Å². The molecular weight excluding hydrogens is 264 g/mol. The van der Waals surface area contributed by atoms with Crippen LogP contribution >= 0.6 is 11.3 Å². The molecule has 3 heteroatoms. The van der Waals surface area contributed by atoms with Gasteiger partial charge in [-0.1, -0.05) is 48.5 Å². The Morgan fingerprint density at radius 1 is 0.950 bits per heavy atom. The van der Waals surface area contributed by atoms with Crippen LogP contribution in [-0.4, -0.2) is 4.57 Å². The highest BCUT2D eigenvalue weighted by Gasteiger charge is 2.02. The van der Waals surface area contributed by atoms with Crippen molar-refractivity contribution in [1.29, 1.82) is 0 Å². The first-order valence-corrected chi connectivity index (χ1v) is 7.49. The first kappa shape index (κ1) is 12.9. The second kappa shape index (κ2) is 5.88. The minimum atomic E-state index is 0.863. The predicted molar refractivity (Wildman–Crippen MR) is 84.3 cm³/mol. The first-order chi connectivity index (χ1) is 9.83. The molecule has 0 radical (unpaired) electrons. The van der Waals surface area contributed by atoms with Crippen LogP contribution in [0.15, 0.2) is 71.0 Å². The van der Waals surface area contributed by atoms with Gasteiger partial charge in [0.05, 0.1) is 12.2 Å². The SMILES string of the molecule is Cc1csc(=Nc2ccccc2)n1Cc1ccccc1. The van der Waals surface area contributed by atoms with E-state index < -0.39 is 0 Å². The second-order valence-corrected chi connectivity index (χ2v) is 5.52. The molecule has 0 fully saturated rings. The lowest BCUT2D eigenvalue weighted by molar-refractivity contribution is 0.742. The number of hydrogen-bond donors (Lipinski definition) is 0. The van der Waals surface area contributed by atoms with Crippen molar-refractivity contribution in [2.75, 3.05) is 0 Å². The molecule has 3 aromatic rings. The van der Waals surface area contributed by atoms with Gasteiger partial charge in [-0.05, 0) is 24.6 Å². The molecule has 0 atom stereocenters. The maximum atomic E-state index is 4.74. The number of aromatic nitrogens is 1. The maximum Gasteiger partial charge on any atom is 0.190 e. The number of nitrogens with zero attached hydrogens (tertiary/aromatic N) is 2. The van der Waals surface area contributed by atoms with Crippen molar-refractivity contribution in [3.8, 4) is 0 Å². The smallest absolute Gasteiger partial charge is 0.190 e. The summed E-state index contributed by atoms with van der Waals surface area (Å²) in [6.45, 7) is 2.99. The molecule has 0 aliphatic heterocycles. The Bertz CT molecular complexity index is 739. The summed E-state index contributed by atoms with van der Waals surface area (Å²) < 4.78 is 2.26. The molecule has 0 bridgehead atoms. The zero-order valence-corrected chi connectivity index (χ0v) is 12.2. The van der Waals surface area contributed by atoms with E-state index in [1.54, 1.807) is 11.3 Å². The van der Waals surface area contributed by atoms with Gasteiger partial charge >= 0.3 is 0 Å². The van der Waals surface area contributed by atoms with Crippen molar-refractivity contribution >= 4 is 17.0 Å². The minimum absolute atomic E-state index is 0.863. The number of aryl methyl sites for hydroxylation is 1. The molecule has 2 aromatic carbocycles. The molecule has 20 heavy (non-hydrogen) atoms. The Morgan fingerprint density at radius 2 is 1.60 bits per heavy atom. The molecule has 1 aromatic heterocycles. The Kier molecular flexibility index (Phi) is 3.79. The van der Waals surface area contributed by atoms with E-state index in [0.29, 0.717) is 0 Å². The van der Waals surface area contributed by atoms with Crippen LogP contribution in [0.3, 0.4) is 0 Å². The third kappa shape index (κ3) is 2.89. The minimum Gasteiger partial charge on any atom is -0.317 e. The van der Waals surface area contributed by atoms with Gasteiger partial charge in [0.15, 0.2) is 4.80 Å². The molecule has 0 N–H and O–H groups in total. The summed E-state index contributed by atoms with van der Waals surface area (Å²) in [5.41, 5.74) is 3.54. The molecule has 0 saturated heterocycles. The number of hydrogen-bond acceptors (Lipinski definition) is 2. The lowest BCUT2D eigenvalue weighted by Gasteiger charge is -2.06. The zero-order chi connectivity index (χ0) is 13.8. The summed E-state index contributed by atoms with van der Waals surface area (Å²) >= 11 is 1.69. The van der Waals surface area contributed by atoms with Crippen molar-refractivity contribution in [2.24, 2.45) is 4.99 Å². The van der Waals surface area contributed by atoms with Crippen LogP contribution in [0.25, 0.3) is 0 Å². The Hall–Kier alpha value is -2.13. The van der Waals surface area contributed by atoms with Crippen molar-refractivity contribution in [1.82, 2.24) is 4.57 Å². The Labute approximate surface area is 122 Å². The summed E-state index contributed by atoms with van der Waals surface area (Å²) in [5.74, 6) is 0. The second-order valence-electron chi connectivity index (χ2n) is 4.68. The van der Waals surface area contributed by atoms with Crippen LogP contribution in [0.5, 0.6) is 0 Å². The zero-order valence-electron chi connectivity index (χ0n) is 11.4.